The summed E-state index contributed by atoms with van der Waals surface area (Å²) >= 11 is 0. The van der Waals surface area contributed by atoms with Crippen LogP contribution in [0.2, 0.25) is 5.82 Å². The lowest BCUT2D eigenvalue weighted by molar-refractivity contribution is 1.17. The molecule has 2 aliphatic rings. The van der Waals surface area contributed by atoms with E-state index in [1.807, 2.05) is 6.07 Å². The third kappa shape index (κ3) is 1.93. The first-order valence-electron chi connectivity index (χ1n) is 6.76. The molecule has 1 saturated carbocycles. The summed E-state index contributed by atoms with van der Waals surface area (Å²) in [5, 5.41) is 3.68. The van der Waals surface area contributed by atoms with E-state index in [2.05, 4.69) is 45.4 Å². The quantitative estimate of drug-likeness (QED) is 0.827. The normalized spacial score (nSPS) is 16.9. The highest BCUT2D eigenvalue weighted by molar-refractivity contribution is 6.71. The summed E-state index contributed by atoms with van der Waals surface area (Å²) in [5.41, 5.74) is 4.59. The van der Waals surface area contributed by atoms with Crippen LogP contribution >= 0.6 is 0 Å². The van der Waals surface area contributed by atoms with E-state index in [1.165, 1.54) is 24.1 Å². The standard InChI is InChI=1S/C15H14BN3/c1-2-11-6-8-16(12-4-5-12)19-15(11)13(3-1)14-7-9-17-10-18-14/h1-3,6-10,12,19H,4-5H2. The second-order valence-electron chi connectivity index (χ2n) is 5.23. The highest BCUT2D eigenvalue weighted by Crippen LogP contribution is 2.43. The minimum atomic E-state index is 0.482. The summed E-state index contributed by atoms with van der Waals surface area (Å²) in [6.07, 6.45) is 8.31. The van der Waals surface area contributed by atoms with Crippen LogP contribution in [0.15, 0.2) is 42.8 Å². The van der Waals surface area contributed by atoms with Gasteiger partial charge in [-0.05, 0) is 17.4 Å². The first-order chi connectivity index (χ1) is 9.42. The molecule has 1 aliphatic carbocycles. The molecule has 0 radical (unpaired) electrons. The van der Waals surface area contributed by atoms with Crippen LogP contribution in [0.4, 0.5) is 5.69 Å². The molecule has 0 atom stereocenters. The predicted octanol–water partition coefficient (Wildman–Crippen LogP) is 3.28. The molecule has 92 valence electrons. The zero-order chi connectivity index (χ0) is 12.7. The summed E-state index contributed by atoms with van der Waals surface area (Å²) in [6.45, 7) is 0.482. The van der Waals surface area contributed by atoms with Crippen molar-refractivity contribution in [3.63, 3.8) is 0 Å². The molecule has 2 aromatic rings. The van der Waals surface area contributed by atoms with Crippen molar-refractivity contribution in [2.75, 3.05) is 5.23 Å². The Morgan fingerprint density at radius 1 is 1.21 bits per heavy atom. The highest BCUT2D eigenvalue weighted by atomic mass is 14.8. The van der Waals surface area contributed by atoms with Crippen LogP contribution in [-0.2, 0) is 0 Å². The first kappa shape index (κ1) is 10.8. The van der Waals surface area contributed by atoms with Gasteiger partial charge in [0.1, 0.15) is 6.33 Å². The Balaban J connectivity index is 1.80. The molecule has 0 amide bonds. The Bertz CT molecular complexity index is 635. The fourth-order valence-corrected chi connectivity index (χ4v) is 2.69. The van der Waals surface area contributed by atoms with Crippen LogP contribution in [0, 0.1) is 0 Å². The molecule has 3 nitrogen and oxygen atoms in total. The number of fused-ring (bicyclic) bond motifs is 1. The van der Waals surface area contributed by atoms with Gasteiger partial charge in [0.25, 0.3) is 6.85 Å². The van der Waals surface area contributed by atoms with Gasteiger partial charge in [-0.25, -0.2) is 9.97 Å². The fourth-order valence-electron chi connectivity index (χ4n) is 2.69. The summed E-state index contributed by atoms with van der Waals surface area (Å²) in [6, 6.07) is 8.31. The van der Waals surface area contributed by atoms with Crippen molar-refractivity contribution in [3.8, 4) is 11.3 Å². The number of hydrogen-bond acceptors (Lipinski definition) is 3. The number of benzene rings is 1. The average molecular weight is 247 g/mol. The number of nitrogens with one attached hydrogen (secondary N) is 1. The molecule has 1 aromatic carbocycles. The van der Waals surface area contributed by atoms with E-state index < -0.39 is 0 Å². The SMILES string of the molecule is C1=Cc2cccc(-c3ccncn3)c2NB1C1CC1. The van der Waals surface area contributed by atoms with E-state index in [0.29, 0.717) is 6.85 Å². The van der Waals surface area contributed by atoms with Crippen LogP contribution in [-0.4, -0.2) is 16.8 Å². The number of rotatable bonds is 2. The van der Waals surface area contributed by atoms with Crippen LogP contribution in [0.1, 0.15) is 18.4 Å². The van der Waals surface area contributed by atoms with Gasteiger partial charge in [0.2, 0.25) is 0 Å². The van der Waals surface area contributed by atoms with Crippen molar-refractivity contribution >= 4 is 18.6 Å². The van der Waals surface area contributed by atoms with E-state index >= 15 is 0 Å². The number of hydrogen-bond donors (Lipinski definition) is 1. The molecule has 0 saturated heterocycles. The predicted molar refractivity (Wildman–Crippen MR) is 78.9 cm³/mol. The van der Waals surface area contributed by atoms with Crippen molar-refractivity contribution < 1.29 is 0 Å². The summed E-state index contributed by atoms with van der Waals surface area (Å²) < 4.78 is 0. The van der Waals surface area contributed by atoms with Gasteiger partial charge in [-0.15, -0.1) is 0 Å². The molecule has 0 unspecified atom stereocenters. The lowest BCUT2D eigenvalue weighted by atomic mass is 9.55. The van der Waals surface area contributed by atoms with Crippen LogP contribution in [0.5, 0.6) is 0 Å². The second kappa shape index (κ2) is 4.23. The molecule has 1 aliphatic heterocycles. The topological polar surface area (TPSA) is 37.8 Å². The molecule has 1 fully saturated rings. The minimum absolute atomic E-state index is 0.482. The minimum Gasteiger partial charge on any atom is -0.423 e. The maximum atomic E-state index is 4.37. The van der Waals surface area contributed by atoms with E-state index in [0.717, 1.165) is 17.1 Å². The zero-order valence-electron chi connectivity index (χ0n) is 10.6. The maximum Gasteiger partial charge on any atom is 0.281 e. The molecule has 1 aromatic heterocycles. The number of para-hydroxylation sites is 1. The van der Waals surface area contributed by atoms with Gasteiger partial charge in [-0.1, -0.05) is 43.1 Å². The van der Waals surface area contributed by atoms with E-state index in [1.54, 1.807) is 12.5 Å². The largest absolute Gasteiger partial charge is 0.423 e. The Morgan fingerprint density at radius 2 is 2.16 bits per heavy atom. The average Bonchev–Trinajstić information content (AvgIpc) is 3.32. The van der Waals surface area contributed by atoms with Crippen LogP contribution in [0.3, 0.4) is 0 Å². The van der Waals surface area contributed by atoms with Crippen molar-refractivity contribution in [2.24, 2.45) is 0 Å². The number of nitrogens with zero attached hydrogens (tertiary/aromatic N) is 2. The third-order valence-corrected chi connectivity index (χ3v) is 3.88. The van der Waals surface area contributed by atoms with Gasteiger partial charge in [-0.3, -0.25) is 0 Å². The van der Waals surface area contributed by atoms with E-state index in [9.17, 15) is 0 Å². The summed E-state index contributed by atoms with van der Waals surface area (Å²) in [5.74, 6) is 3.10. The fraction of sp³-hybridized carbons (Fsp3) is 0.200. The second-order valence-corrected chi connectivity index (χ2v) is 5.23. The monoisotopic (exact) mass is 247 g/mol. The number of aromatic nitrogens is 2. The van der Waals surface area contributed by atoms with E-state index in [4.69, 9.17) is 0 Å². The Labute approximate surface area is 112 Å². The van der Waals surface area contributed by atoms with Crippen molar-refractivity contribution in [2.45, 2.75) is 18.7 Å². The molecule has 1 N–H and O–H groups in total. The molecular weight excluding hydrogens is 233 g/mol. The molecule has 4 rings (SSSR count). The van der Waals surface area contributed by atoms with Gasteiger partial charge in [-0.2, -0.15) is 0 Å². The molecule has 4 heteroatoms. The lowest BCUT2D eigenvalue weighted by Crippen LogP contribution is -2.26. The number of anilines is 1. The third-order valence-electron chi connectivity index (χ3n) is 3.88. The highest BCUT2D eigenvalue weighted by Gasteiger charge is 2.35. The van der Waals surface area contributed by atoms with Crippen molar-refractivity contribution in [1.29, 1.82) is 0 Å². The van der Waals surface area contributed by atoms with Crippen LogP contribution < -0.4 is 5.23 Å². The van der Waals surface area contributed by atoms with Gasteiger partial charge < -0.3 is 5.23 Å². The van der Waals surface area contributed by atoms with E-state index in [-0.39, 0.29) is 0 Å². The molecule has 2 heterocycles. The first-order valence-corrected chi connectivity index (χ1v) is 6.76. The molecular formula is C15H14BN3. The molecule has 0 bridgehead atoms. The van der Waals surface area contributed by atoms with Crippen molar-refractivity contribution in [1.82, 2.24) is 9.97 Å². The van der Waals surface area contributed by atoms with Gasteiger partial charge in [0.15, 0.2) is 0 Å². The lowest BCUT2D eigenvalue weighted by Gasteiger charge is -2.22. The summed E-state index contributed by atoms with van der Waals surface area (Å²) in [7, 11) is 0. The maximum absolute atomic E-state index is 4.37. The smallest absolute Gasteiger partial charge is 0.281 e. The van der Waals surface area contributed by atoms with Gasteiger partial charge >= 0.3 is 0 Å². The van der Waals surface area contributed by atoms with Crippen molar-refractivity contribution in [3.05, 3.63) is 48.3 Å². The van der Waals surface area contributed by atoms with Crippen LogP contribution in [0.25, 0.3) is 17.3 Å². The Kier molecular flexibility index (Phi) is 2.40. The summed E-state index contributed by atoms with van der Waals surface area (Å²) in [4.78, 5) is 8.36. The van der Waals surface area contributed by atoms with Gasteiger partial charge in [0, 0.05) is 17.4 Å². The molecule has 0 spiro atoms. The van der Waals surface area contributed by atoms with Gasteiger partial charge in [0.05, 0.1) is 5.69 Å². The zero-order valence-corrected chi connectivity index (χ0v) is 10.6. The molecule has 19 heavy (non-hydrogen) atoms. The Hall–Kier alpha value is -2.10. The Morgan fingerprint density at radius 3 is 2.95 bits per heavy atom.